The Kier molecular flexibility index (Phi) is 22.4. The zero-order chi connectivity index (χ0) is 13.4. The largest absolute Gasteiger partial charge is 4.00 e. The molecule has 0 aliphatic carbocycles. The average molecular weight is 368 g/mol. The third-order valence-electron chi connectivity index (χ3n) is 1.77. The van der Waals surface area contributed by atoms with Crippen LogP contribution >= 0.6 is 0 Å². The van der Waals surface area contributed by atoms with E-state index in [0.717, 1.165) is 0 Å². The minimum atomic E-state index is -0.990. The zero-order valence-corrected chi connectivity index (χ0v) is 16.0. The molecule has 0 aliphatic rings. The Morgan fingerprint density at radius 1 is 0.773 bits per heavy atom. The van der Waals surface area contributed by atoms with Gasteiger partial charge >= 0.3 is 81.9 Å². The Morgan fingerprint density at radius 3 is 1.23 bits per heavy atom. The molecule has 10 heteroatoms. The molecule has 0 unspecified atom stereocenters. The van der Waals surface area contributed by atoms with E-state index < -0.39 is 11.9 Å². The molecule has 0 saturated carbocycles. The van der Waals surface area contributed by atoms with Gasteiger partial charge in [-0.2, -0.15) is 0 Å². The monoisotopic (exact) mass is 368 g/mol. The smallest absolute Gasteiger partial charge is 2.00 e. The molecule has 22 heavy (non-hydrogen) atoms. The van der Waals surface area contributed by atoms with Crippen LogP contribution in [-0.4, -0.2) is 32.1 Å². The number of hydrogen-bond donors (Lipinski definition) is 2. The van der Waals surface area contributed by atoms with Crippen LogP contribution < -0.4 is 51.4 Å². The van der Waals surface area contributed by atoms with Crippen molar-refractivity contribution in [1.82, 2.24) is 9.97 Å². The summed E-state index contributed by atoms with van der Waals surface area (Å²) < 4.78 is 0. The average Bonchev–Trinajstić information content (AvgIpc) is 2.41. The predicted octanol–water partition coefficient (Wildman–Crippen LogP) is -1.68. The second-order valence-corrected chi connectivity index (χ2v) is 3.04. The van der Waals surface area contributed by atoms with Gasteiger partial charge < -0.3 is 21.2 Å². The van der Waals surface area contributed by atoms with Crippen molar-refractivity contribution >= 4 is 11.9 Å². The van der Waals surface area contributed by atoms with Crippen LogP contribution in [0.15, 0.2) is 48.8 Å². The fourth-order valence-electron chi connectivity index (χ4n) is 0.979. The standard InChI is InChI=1S/2C6H5NO2.K.2O.V/c2*8-6(9)5-3-1-2-4-7-5;;;;/h2*1-4H,(H,8,9);;;;/q;;+1;2*-2;+4. The van der Waals surface area contributed by atoms with E-state index in [2.05, 4.69) is 9.97 Å². The minimum Gasteiger partial charge on any atom is -2.00 e. The third-order valence-corrected chi connectivity index (χ3v) is 1.77. The first-order valence-electron chi connectivity index (χ1n) is 4.90. The van der Waals surface area contributed by atoms with Gasteiger partial charge in [-0.3, -0.25) is 0 Å². The molecule has 0 aliphatic heterocycles. The van der Waals surface area contributed by atoms with Crippen molar-refractivity contribution in [2.75, 3.05) is 0 Å². The van der Waals surface area contributed by atoms with Crippen molar-refractivity contribution in [3.8, 4) is 0 Å². The molecule has 0 amide bonds. The van der Waals surface area contributed by atoms with E-state index in [0.29, 0.717) is 0 Å². The summed E-state index contributed by atoms with van der Waals surface area (Å²) in [6, 6.07) is 9.51. The summed E-state index contributed by atoms with van der Waals surface area (Å²) in [5.41, 5.74) is 0.162. The van der Waals surface area contributed by atoms with Gasteiger partial charge in [0.15, 0.2) is 0 Å². The van der Waals surface area contributed by atoms with Crippen molar-refractivity contribution in [2.45, 2.75) is 0 Å². The fourth-order valence-corrected chi connectivity index (χ4v) is 0.979. The maximum absolute atomic E-state index is 10.1. The summed E-state index contributed by atoms with van der Waals surface area (Å²) in [6.07, 6.45) is 2.90. The Labute approximate surface area is 180 Å². The molecule has 0 aromatic carbocycles. The number of hydrogen-bond acceptors (Lipinski definition) is 4. The summed E-state index contributed by atoms with van der Waals surface area (Å²) in [5, 5.41) is 16.6. The van der Waals surface area contributed by atoms with Crippen LogP contribution in [0.2, 0.25) is 0 Å². The van der Waals surface area contributed by atoms with Gasteiger partial charge in [0, 0.05) is 12.4 Å². The van der Waals surface area contributed by atoms with E-state index in [-0.39, 0.29) is 92.3 Å². The van der Waals surface area contributed by atoms with Crippen LogP contribution in [0.4, 0.5) is 0 Å². The van der Waals surface area contributed by atoms with Crippen molar-refractivity contribution in [3.63, 3.8) is 0 Å². The maximum Gasteiger partial charge on any atom is 4.00 e. The molecule has 0 spiro atoms. The Balaban J connectivity index is -0.000000125. The molecule has 2 aromatic heterocycles. The van der Waals surface area contributed by atoms with Gasteiger partial charge in [0.25, 0.3) is 0 Å². The van der Waals surface area contributed by atoms with Crippen molar-refractivity contribution in [1.29, 1.82) is 0 Å². The second kappa shape index (κ2) is 16.7. The second-order valence-electron chi connectivity index (χ2n) is 3.04. The van der Waals surface area contributed by atoms with Crippen molar-refractivity contribution < 1.29 is 101 Å². The van der Waals surface area contributed by atoms with E-state index in [1.54, 1.807) is 24.3 Å². The molecule has 2 N–H and O–H groups in total. The van der Waals surface area contributed by atoms with Crippen LogP contribution in [-0.2, 0) is 29.5 Å². The number of carbonyl (C=O) groups is 2. The van der Waals surface area contributed by atoms with E-state index in [1.165, 1.54) is 24.5 Å². The summed E-state index contributed by atoms with van der Waals surface area (Å²) in [6.45, 7) is 0. The van der Waals surface area contributed by atoms with Crippen LogP contribution in [0.3, 0.4) is 0 Å². The molecule has 0 saturated heterocycles. The van der Waals surface area contributed by atoms with Gasteiger partial charge in [-0.25, -0.2) is 19.6 Å². The molecule has 1 radical (unpaired) electrons. The van der Waals surface area contributed by atoms with Gasteiger partial charge in [0.1, 0.15) is 11.4 Å². The molecule has 109 valence electrons. The molecule has 0 atom stereocenters. The summed E-state index contributed by atoms with van der Waals surface area (Å²) in [5.74, 6) is -1.98. The van der Waals surface area contributed by atoms with E-state index in [9.17, 15) is 9.59 Å². The van der Waals surface area contributed by atoms with Crippen molar-refractivity contribution in [2.24, 2.45) is 0 Å². The van der Waals surface area contributed by atoms with Gasteiger partial charge in [0.05, 0.1) is 0 Å². The molecule has 0 fully saturated rings. The summed E-state index contributed by atoms with van der Waals surface area (Å²) >= 11 is 0. The van der Waals surface area contributed by atoms with Crippen LogP contribution in [0, 0.1) is 0 Å². The molecule has 2 aromatic rings. The quantitative estimate of drug-likeness (QED) is 0.603. The maximum atomic E-state index is 10.1. The van der Waals surface area contributed by atoms with E-state index in [4.69, 9.17) is 10.2 Å². The Morgan fingerprint density at radius 2 is 1.09 bits per heavy atom. The number of pyridine rings is 2. The van der Waals surface area contributed by atoms with Gasteiger partial charge in [-0.1, -0.05) is 12.1 Å². The normalized spacial score (nSPS) is 7.27. The van der Waals surface area contributed by atoms with Crippen LogP contribution in [0.1, 0.15) is 21.0 Å². The minimum absolute atomic E-state index is 0. The Hall–Kier alpha value is -0.619. The first kappa shape index (κ1) is 29.4. The van der Waals surface area contributed by atoms with Crippen LogP contribution in [0.25, 0.3) is 0 Å². The number of carboxylic acid groups (broad SMARTS) is 2. The topological polar surface area (TPSA) is 157 Å². The van der Waals surface area contributed by atoms with Crippen molar-refractivity contribution in [3.05, 3.63) is 60.2 Å². The predicted molar refractivity (Wildman–Crippen MR) is 63.8 cm³/mol. The number of aromatic nitrogens is 2. The third kappa shape index (κ3) is 12.0. The first-order valence-corrected chi connectivity index (χ1v) is 4.90. The fraction of sp³-hybridized carbons (Fsp3) is 0. The van der Waals surface area contributed by atoms with Crippen LogP contribution in [0.5, 0.6) is 0 Å². The molecule has 2 rings (SSSR count). The number of rotatable bonds is 2. The summed E-state index contributed by atoms with van der Waals surface area (Å²) in [4.78, 5) is 27.4. The van der Waals surface area contributed by atoms with E-state index in [1.807, 2.05) is 0 Å². The Bertz CT molecular complexity index is 480. The molecule has 2 heterocycles. The SMILES string of the molecule is O=C(O)c1ccccn1.O=C(O)c1ccccn1.[K+].[O-2].[O-2].[V+4]. The van der Waals surface area contributed by atoms with Gasteiger partial charge in [-0.05, 0) is 24.3 Å². The zero-order valence-electron chi connectivity index (χ0n) is 11.5. The number of carboxylic acids is 2. The number of aromatic carboxylic acids is 2. The van der Waals surface area contributed by atoms with Gasteiger partial charge in [0.2, 0.25) is 0 Å². The van der Waals surface area contributed by atoms with Gasteiger partial charge in [-0.15, -0.1) is 0 Å². The summed E-state index contributed by atoms with van der Waals surface area (Å²) in [7, 11) is 0. The molecular weight excluding hydrogens is 358 g/mol. The molecule has 8 nitrogen and oxygen atoms in total. The number of nitrogens with zero attached hydrogens (tertiary/aromatic N) is 2. The van der Waals surface area contributed by atoms with E-state index >= 15 is 0 Å². The molecular formula is C12H10KN2O6V+. The first-order chi connectivity index (χ1) is 8.61. The molecule has 0 bridgehead atoms.